The summed E-state index contributed by atoms with van der Waals surface area (Å²) < 4.78 is 5.56. The molecule has 2 aliphatic rings. The summed E-state index contributed by atoms with van der Waals surface area (Å²) in [6.45, 7) is 3.41. The lowest BCUT2D eigenvalue weighted by Crippen LogP contribution is -2.47. The molecule has 114 valence electrons. The normalized spacial score (nSPS) is 25.8. The number of benzene rings is 1. The minimum atomic E-state index is 0.244. The van der Waals surface area contributed by atoms with Gasteiger partial charge in [-0.15, -0.1) is 0 Å². The van der Waals surface area contributed by atoms with Gasteiger partial charge in [0.15, 0.2) is 0 Å². The summed E-state index contributed by atoms with van der Waals surface area (Å²) in [5.41, 5.74) is 1.52. The van der Waals surface area contributed by atoms with Crippen LogP contribution in [0.15, 0.2) is 24.3 Å². The maximum absolute atomic E-state index is 12.1. The topological polar surface area (TPSA) is 29.5 Å². The highest BCUT2D eigenvalue weighted by Gasteiger charge is 2.41. The van der Waals surface area contributed by atoms with Gasteiger partial charge >= 0.3 is 0 Å². The highest BCUT2D eigenvalue weighted by Crippen LogP contribution is 2.38. The molecule has 4 heteroatoms. The van der Waals surface area contributed by atoms with Crippen molar-refractivity contribution in [3.8, 4) is 0 Å². The zero-order chi connectivity index (χ0) is 14.7. The van der Waals surface area contributed by atoms with Gasteiger partial charge in [-0.05, 0) is 43.4 Å². The molecule has 1 aromatic carbocycles. The van der Waals surface area contributed by atoms with Gasteiger partial charge in [0.2, 0.25) is 5.91 Å². The van der Waals surface area contributed by atoms with Crippen molar-refractivity contribution in [2.45, 2.75) is 32.1 Å². The second-order valence-corrected chi connectivity index (χ2v) is 6.78. The number of nitrogens with zero attached hydrogens (tertiary/aromatic N) is 1. The molecule has 1 aromatic rings. The van der Waals surface area contributed by atoms with Crippen LogP contribution >= 0.6 is 11.6 Å². The highest BCUT2D eigenvalue weighted by molar-refractivity contribution is 6.30. The van der Waals surface area contributed by atoms with E-state index in [1.54, 1.807) is 0 Å². The van der Waals surface area contributed by atoms with Gasteiger partial charge in [0, 0.05) is 36.6 Å². The largest absolute Gasteiger partial charge is 0.381 e. The van der Waals surface area contributed by atoms with E-state index in [-0.39, 0.29) is 5.41 Å². The van der Waals surface area contributed by atoms with Crippen molar-refractivity contribution in [2.75, 3.05) is 26.3 Å². The third kappa shape index (κ3) is 3.58. The molecule has 21 heavy (non-hydrogen) atoms. The van der Waals surface area contributed by atoms with Crippen molar-refractivity contribution in [2.24, 2.45) is 5.41 Å². The number of carbonyl (C=O) groups is 1. The number of likely N-dealkylation sites (tertiary alicyclic amines) is 1. The van der Waals surface area contributed by atoms with Crippen LogP contribution in [0.2, 0.25) is 5.02 Å². The van der Waals surface area contributed by atoms with E-state index in [1.807, 2.05) is 17.0 Å². The number of amides is 1. The number of hydrogen-bond acceptors (Lipinski definition) is 2. The first-order chi connectivity index (χ1) is 10.2. The van der Waals surface area contributed by atoms with Gasteiger partial charge in [-0.25, -0.2) is 0 Å². The fourth-order valence-corrected chi connectivity index (χ4v) is 3.53. The SMILES string of the molecule is O=C1CCC2(CCOC2)CN1CCCc1ccc(Cl)cc1. The maximum Gasteiger partial charge on any atom is 0.222 e. The van der Waals surface area contributed by atoms with Gasteiger partial charge in [0.25, 0.3) is 0 Å². The molecule has 1 spiro atoms. The molecular formula is C17H22ClNO2. The fraction of sp³-hybridized carbons (Fsp3) is 0.588. The predicted octanol–water partition coefficient (Wildman–Crippen LogP) is 3.30. The summed E-state index contributed by atoms with van der Waals surface area (Å²) in [6.07, 6.45) is 4.78. The van der Waals surface area contributed by atoms with E-state index in [0.717, 1.165) is 57.0 Å². The summed E-state index contributed by atoms with van der Waals surface area (Å²) in [4.78, 5) is 14.1. The van der Waals surface area contributed by atoms with Crippen LogP contribution in [0.25, 0.3) is 0 Å². The lowest BCUT2D eigenvalue weighted by Gasteiger charge is -2.39. The van der Waals surface area contributed by atoms with E-state index in [1.165, 1.54) is 5.56 Å². The molecule has 2 fully saturated rings. The van der Waals surface area contributed by atoms with E-state index in [4.69, 9.17) is 16.3 Å². The van der Waals surface area contributed by atoms with Crippen LogP contribution in [0, 0.1) is 5.41 Å². The van der Waals surface area contributed by atoms with Crippen LogP contribution in [-0.4, -0.2) is 37.1 Å². The van der Waals surface area contributed by atoms with Gasteiger partial charge in [0.05, 0.1) is 6.61 Å². The Morgan fingerprint density at radius 2 is 2.05 bits per heavy atom. The molecule has 3 rings (SSSR count). The second-order valence-electron chi connectivity index (χ2n) is 6.35. The molecule has 0 aromatic heterocycles. The van der Waals surface area contributed by atoms with Crippen molar-refractivity contribution < 1.29 is 9.53 Å². The molecule has 1 amide bonds. The molecule has 1 atom stereocenters. The molecule has 3 nitrogen and oxygen atoms in total. The molecule has 0 radical (unpaired) electrons. The number of ether oxygens (including phenoxy) is 1. The standard InChI is InChI=1S/C17H22ClNO2/c18-15-5-3-14(4-6-15)2-1-10-19-12-17(8-7-16(19)20)9-11-21-13-17/h3-6H,1-2,7-13H2. The Morgan fingerprint density at radius 3 is 2.76 bits per heavy atom. The average molecular weight is 308 g/mol. The third-order valence-corrected chi connectivity index (χ3v) is 4.99. The van der Waals surface area contributed by atoms with Crippen molar-refractivity contribution in [1.29, 1.82) is 0 Å². The molecular weight excluding hydrogens is 286 g/mol. The molecule has 0 bridgehead atoms. The van der Waals surface area contributed by atoms with Crippen molar-refractivity contribution in [3.05, 3.63) is 34.9 Å². The first-order valence-corrected chi connectivity index (χ1v) is 8.15. The van der Waals surface area contributed by atoms with Crippen LogP contribution in [0.3, 0.4) is 0 Å². The highest BCUT2D eigenvalue weighted by atomic mass is 35.5. The summed E-state index contributed by atoms with van der Waals surface area (Å²) in [5, 5.41) is 0.771. The van der Waals surface area contributed by atoms with E-state index in [2.05, 4.69) is 12.1 Å². The zero-order valence-electron chi connectivity index (χ0n) is 12.3. The summed E-state index contributed by atoms with van der Waals surface area (Å²) in [7, 11) is 0. The predicted molar refractivity (Wildman–Crippen MR) is 83.5 cm³/mol. The Bertz CT molecular complexity index is 494. The van der Waals surface area contributed by atoms with E-state index in [0.29, 0.717) is 12.3 Å². The van der Waals surface area contributed by atoms with E-state index in [9.17, 15) is 4.79 Å². The molecule has 2 aliphatic heterocycles. The minimum Gasteiger partial charge on any atom is -0.381 e. The lowest BCUT2D eigenvalue weighted by molar-refractivity contribution is -0.137. The van der Waals surface area contributed by atoms with Gasteiger partial charge in [-0.2, -0.15) is 0 Å². The van der Waals surface area contributed by atoms with Crippen molar-refractivity contribution in [3.63, 3.8) is 0 Å². The Hall–Kier alpha value is -1.06. The van der Waals surface area contributed by atoms with Crippen LogP contribution < -0.4 is 0 Å². The number of hydrogen-bond donors (Lipinski definition) is 0. The van der Waals surface area contributed by atoms with Crippen LogP contribution in [0.5, 0.6) is 0 Å². The molecule has 1 unspecified atom stereocenters. The average Bonchev–Trinajstić information content (AvgIpc) is 2.93. The van der Waals surface area contributed by atoms with Gasteiger partial charge in [-0.1, -0.05) is 23.7 Å². The molecule has 0 saturated carbocycles. The number of aryl methyl sites for hydroxylation is 1. The van der Waals surface area contributed by atoms with Crippen LogP contribution in [-0.2, 0) is 16.0 Å². The number of carbonyl (C=O) groups excluding carboxylic acids is 1. The molecule has 2 heterocycles. The summed E-state index contributed by atoms with van der Waals surface area (Å²) in [5.74, 6) is 0.309. The van der Waals surface area contributed by atoms with Crippen LogP contribution in [0.1, 0.15) is 31.2 Å². The Morgan fingerprint density at radius 1 is 1.24 bits per heavy atom. The summed E-state index contributed by atoms with van der Waals surface area (Å²) in [6, 6.07) is 7.97. The fourth-order valence-electron chi connectivity index (χ4n) is 3.40. The zero-order valence-corrected chi connectivity index (χ0v) is 13.1. The monoisotopic (exact) mass is 307 g/mol. The van der Waals surface area contributed by atoms with Gasteiger partial charge < -0.3 is 9.64 Å². The Kier molecular flexibility index (Phi) is 4.51. The molecule has 0 aliphatic carbocycles. The molecule has 2 saturated heterocycles. The van der Waals surface area contributed by atoms with Gasteiger partial charge in [0.1, 0.15) is 0 Å². The second kappa shape index (κ2) is 6.37. The first-order valence-electron chi connectivity index (χ1n) is 7.77. The quantitative estimate of drug-likeness (QED) is 0.854. The lowest BCUT2D eigenvalue weighted by atomic mass is 9.79. The number of rotatable bonds is 4. The van der Waals surface area contributed by atoms with Crippen LogP contribution in [0.4, 0.5) is 0 Å². The van der Waals surface area contributed by atoms with E-state index >= 15 is 0 Å². The Labute approximate surface area is 131 Å². The first kappa shape index (κ1) is 14.9. The van der Waals surface area contributed by atoms with Crippen molar-refractivity contribution in [1.82, 2.24) is 4.90 Å². The van der Waals surface area contributed by atoms with Crippen molar-refractivity contribution >= 4 is 17.5 Å². The number of piperidine rings is 1. The minimum absolute atomic E-state index is 0.244. The van der Waals surface area contributed by atoms with Gasteiger partial charge in [-0.3, -0.25) is 4.79 Å². The van der Waals surface area contributed by atoms with E-state index < -0.39 is 0 Å². The third-order valence-electron chi connectivity index (χ3n) is 4.74. The molecule has 0 N–H and O–H groups in total. The smallest absolute Gasteiger partial charge is 0.222 e. The number of halogens is 1. The maximum atomic E-state index is 12.1. The Balaban J connectivity index is 1.51. The summed E-state index contributed by atoms with van der Waals surface area (Å²) >= 11 is 5.89.